The Morgan fingerprint density at radius 3 is 2.94 bits per heavy atom. The summed E-state index contributed by atoms with van der Waals surface area (Å²) in [5.74, 6) is 2.23. The van der Waals surface area contributed by atoms with Crippen LogP contribution >= 0.6 is 0 Å². The lowest BCUT2D eigenvalue weighted by molar-refractivity contribution is 0.171. The molecule has 0 fully saturated rings. The Bertz CT molecular complexity index is 554. The average Bonchev–Trinajstić information content (AvgIpc) is 2.87. The summed E-state index contributed by atoms with van der Waals surface area (Å²) in [6, 6.07) is 5.65. The van der Waals surface area contributed by atoms with Crippen LogP contribution in [0.3, 0.4) is 0 Å². The maximum atomic E-state index is 5.54. The van der Waals surface area contributed by atoms with Crippen molar-refractivity contribution in [1.82, 2.24) is 25.5 Å². The van der Waals surface area contributed by atoms with Crippen LogP contribution in [0, 0.1) is 0 Å². The van der Waals surface area contributed by atoms with Gasteiger partial charge in [0.1, 0.15) is 13.2 Å². The third kappa shape index (κ3) is 1.88. The number of ether oxygens (including phenoxy) is 2. The predicted molar refractivity (Wildman–Crippen MR) is 62.9 cm³/mol. The highest BCUT2D eigenvalue weighted by atomic mass is 16.6. The number of hydrogen-bond acceptors (Lipinski definition) is 6. The Hall–Kier alpha value is -2.15. The Morgan fingerprint density at radius 2 is 2.11 bits per heavy atom. The van der Waals surface area contributed by atoms with Crippen LogP contribution in [0.25, 0.3) is 5.69 Å². The minimum atomic E-state index is 0.565. The highest BCUT2D eigenvalue weighted by Gasteiger charge is 2.14. The molecule has 1 aliphatic heterocycles. The standard InChI is InChI=1S/C11H13N5O2/c1-12-7-11-13-14-15-16(11)8-2-3-9-10(6-8)18-5-4-17-9/h2-3,6,12H,4-5,7H2,1H3. The second kappa shape index (κ2) is 4.61. The van der Waals surface area contributed by atoms with Crippen LogP contribution in [-0.4, -0.2) is 40.5 Å². The molecule has 2 aromatic rings. The number of hydrogen-bond donors (Lipinski definition) is 1. The van der Waals surface area contributed by atoms with Gasteiger partial charge < -0.3 is 14.8 Å². The lowest BCUT2D eigenvalue weighted by atomic mass is 10.2. The zero-order valence-corrected chi connectivity index (χ0v) is 9.96. The van der Waals surface area contributed by atoms with Crippen LogP contribution in [0.1, 0.15) is 5.82 Å². The monoisotopic (exact) mass is 247 g/mol. The first-order valence-electron chi connectivity index (χ1n) is 5.70. The number of fused-ring (bicyclic) bond motifs is 1. The Morgan fingerprint density at radius 1 is 1.28 bits per heavy atom. The molecule has 0 unspecified atom stereocenters. The molecule has 1 N–H and O–H groups in total. The minimum Gasteiger partial charge on any atom is -0.486 e. The summed E-state index contributed by atoms with van der Waals surface area (Å²) >= 11 is 0. The van der Waals surface area contributed by atoms with Gasteiger partial charge in [0.2, 0.25) is 0 Å². The smallest absolute Gasteiger partial charge is 0.170 e. The van der Waals surface area contributed by atoms with Crippen LogP contribution in [-0.2, 0) is 6.54 Å². The van der Waals surface area contributed by atoms with Crippen molar-refractivity contribution in [3.8, 4) is 17.2 Å². The van der Waals surface area contributed by atoms with E-state index in [4.69, 9.17) is 9.47 Å². The van der Waals surface area contributed by atoms with Crippen molar-refractivity contribution in [3.05, 3.63) is 24.0 Å². The summed E-state index contributed by atoms with van der Waals surface area (Å²) in [7, 11) is 1.85. The van der Waals surface area contributed by atoms with Crippen molar-refractivity contribution >= 4 is 0 Å². The molecule has 0 saturated carbocycles. The number of benzene rings is 1. The average molecular weight is 247 g/mol. The summed E-state index contributed by atoms with van der Waals surface area (Å²) < 4.78 is 12.7. The van der Waals surface area contributed by atoms with Crippen LogP contribution in [0.15, 0.2) is 18.2 Å². The third-order valence-electron chi connectivity index (χ3n) is 2.64. The molecule has 0 atom stereocenters. The zero-order valence-electron chi connectivity index (χ0n) is 9.96. The van der Waals surface area contributed by atoms with E-state index in [2.05, 4.69) is 20.8 Å². The van der Waals surface area contributed by atoms with E-state index in [1.165, 1.54) is 0 Å². The van der Waals surface area contributed by atoms with E-state index in [0.29, 0.717) is 19.8 Å². The molecule has 0 bridgehead atoms. The molecule has 2 heterocycles. The van der Waals surface area contributed by atoms with Crippen molar-refractivity contribution < 1.29 is 9.47 Å². The van der Waals surface area contributed by atoms with Crippen LogP contribution in [0.4, 0.5) is 0 Å². The molecule has 94 valence electrons. The minimum absolute atomic E-state index is 0.565. The van der Waals surface area contributed by atoms with E-state index >= 15 is 0 Å². The SMILES string of the molecule is CNCc1nnnn1-c1ccc2c(c1)OCCO2. The van der Waals surface area contributed by atoms with Gasteiger partial charge in [-0.05, 0) is 29.6 Å². The number of tetrazole rings is 1. The fraction of sp³-hybridized carbons (Fsp3) is 0.364. The molecule has 0 aliphatic carbocycles. The van der Waals surface area contributed by atoms with Gasteiger partial charge in [-0.15, -0.1) is 5.10 Å². The summed E-state index contributed by atoms with van der Waals surface area (Å²) in [5, 5.41) is 14.6. The fourth-order valence-corrected chi connectivity index (χ4v) is 1.84. The molecule has 7 nitrogen and oxygen atoms in total. The van der Waals surface area contributed by atoms with Gasteiger partial charge in [-0.2, -0.15) is 4.68 Å². The van der Waals surface area contributed by atoms with E-state index in [1.807, 2.05) is 25.2 Å². The van der Waals surface area contributed by atoms with Crippen LogP contribution in [0.2, 0.25) is 0 Å². The van der Waals surface area contributed by atoms with Gasteiger partial charge in [0.15, 0.2) is 17.3 Å². The molecular weight excluding hydrogens is 234 g/mol. The highest BCUT2D eigenvalue weighted by Crippen LogP contribution is 2.31. The lowest BCUT2D eigenvalue weighted by Gasteiger charge is -2.18. The normalized spacial score (nSPS) is 13.6. The predicted octanol–water partition coefficient (Wildman–Crippen LogP) is 0.153. The van der Waals surface area contributed by atoms with E-state index in [9.17, 15) is 0 Å². The molecule has 0 radical (unpaired) electrons. The number of nitrogens with one attached hydrogen (secondary N) is 1. The van der Waals surface area contributed by atoms with Crippen molar-refractivity contribution in [2.45, 2.75) is 6.54 Å². The molecule has 0 saturated heterocycles. The number of aromatic nitrogens is 4. The molecule has 1 aromatic carbocycles. The maximum absolute atomic E-state index is 5.54. The van der Waals surface area contributed by atoms with Crippen LogP contribution in [0.5, 0.6) is 11.5 Å². The first kappa shape index (κ1) is 11.0. The summed E-state index contributed by atoms with van der Waals surface area (Å²) in [6.07, 6.45) is 0. The largest absolute Gasteiger partial charge is 0.486 e. The molecule has 1 aliphatic rings. The van der Waals surface area contributed by atoms with Gasteiger partial charge in [0.05, 0.1) is 12.2 Å². The molecule has 7 heteroatoms. The van der Waals surface area contributed by atoms with E-state index in [1.54, 1.807) is 4.68 Å². The number of rotatable bonds is 3. The molecule has 18 heavy (non-hydrogen) atoms. The molecule has 0 amide bonds. The molecule has 1 aromatic heterocycles. The van der Waals surface area contributed by atoms with Gasteiger partial charge in [-0.25, -0.2) is 0 Å². The van der Waals surface area contributed by atoms with E-state index in [0.717, 1.165) is 23.0 Å². The summed E-state index contributed by atoms with van der Waals surface area (Å²) in [5.41, 5.74) is 0.856. The fourth-order valence-electron chi connectivity index (χ4n) is 1.84. The Balaban J connectivity index is 1.98. The third-order valence-corrected chi connectivity index (χ3v) is 2.64. The van der Waals surface area contributed by atoms with Gasteiger partial charge in [-0.3, -0.25) is 0 Å². The Kier molecular flexibility index (Phi) is 2.81. The Labute approximate surface area is 104 Å². The molecule has 3 rings (SSSR count). The second-order valence-corrected chi connectivity index (χ2v) is 3.87. The van der Waals surface area contributed by atoms with Gasteiger partial charge >= 0.3 is 0 Å². The summed E-state index contributed by atoms with van der Waals surface area (Å²) in [6.45, 7) is 1.75. The lowest BCUT2D eigenvalue weighted by Crippen LogP contribution is -2.16. The van der Waals surface area contributed by atoms with Gasteiger partial charge in [0, 0.05) is 6.07 Å². The molecular formula is C11H13N5O2. The van der Waals surface area contributed by atoms with Crippen molar-refractivity contribution in [2.24, 2.45) is 0 Å². The van der Waals surface area contributed by atoms with E-state index < -0.39 is 0 Å². The molecule has 0 spiro atoms. The maximum Gasteiger partial charge on any atom is 0.170 e. The topological polar surface area (TPSA) is 74.1 Å². The van der Waals surface area contributed by atoms with Crippen molar-refractivity contribution in [1.29, 1.82) is 0 Å². The zero-order chi connectivity index (χ0) is 12.4. The first-order chi connectivity index (χ1) is 8.88. The highest BCUT2D eigenvalue weighted by molar-refractivity contribution is 5.49. The van der Waals surface area contributed by atoms with Gasteiger partial charge in [0.25, 0.3) is 0 Å². The van der Waals surface area contributed by atoms with Crippen LogP contribution < -0.4 is 14.8 Å². The van der Waals surface area contributed by atoms with E-state index in [-0.39, 0.29) is 0 Å². The van der Waals surface area contributed by atoms with Crippen molar-refractivity contribution in [3.63, 3.8) is 0 Å². The second-order valence-electron chi connectivity index (χ2n) is 3.87. The quantitative estimate of drug-likeness (QED) is 0.832. The van der Waals surface area contributed by atoms with Gasteiger partial charge in [-0.1, -0.05) is 0 Å². The number of nitrogens with zero attached hydrogens (tertiary/aromatic N) is 4. The summed E-state index contributed by atoms with van der Waals surface area (Å²) in [4.78, 5) is 0. The van der Waals surface area contributed by atoms with Crippen molar-refractivity contribution in [2.75, 3.05) is 20.3 Å². The first-order valence-corrected chi connectivity index (χ1v) is 5.70.